The van der Waals surface area contributed by atoms with Crippen LogP contribution in [0.15, 0.2) is 33.5 Å². The zero-order valence-corrected chi connectivity index (χ0v) is 7.36. The summed E-state index contributed by atoms with van der Waals surface area (Å²) in [5.74, 6) is -0.0839. The molecule has 72 valence electrons. The molecule has 0 spiro atoms. The van der Waals surface area contributed by atoms with Gasteiger partial charge in [0.05, 0.1) is 10.9 Å². The largest absolute Gasteiger partial charge is 0.507 e. The van der Waals surface area contributed by atoms with Gasteiger partial charge in [-0.15, -0.1) is 0 Å². The minimum atomic E-state index is -0.580. The Kier molecular flexibility index (Phi) is 1.98. The average Bonchev–Trinajstić information content (AvgIpc) is 2.18. The molecule has 0 bridgehead atoms. The van der Waals surface area contributed by atoms with Crippen LogP contribution in [0.2, 0.25) is 0 Å². The molecule has 0 aliphatic carbocycles. The molecule has 0 fully saturated rings. The van der Waals surface area contributed by atoms with Gasteiger partial charge in [0.15, 0.2) is 0 Å². The quantitative estimate of drug-likeness (QED) is 0.658. The van der Waals surface area contributed by atoms with Gasteiger partial charge in [-0.1, -0.05) is 12.1 Å². The van der Waals surface area contributed by atoms with Gasteiger partial charge in [0, 0.05) is 6.54 Å². The topological polar surface area (TPSA) is 76.5 Å². The smallest absolute Gasteiger partial charge is 0.344 e. The van der Waals surface area contributed by atoms with Crippen molar-refractivity contribution in [2.24, 2.45) is 5.73 Å². The summed E-state index contributed by atoms with van der Waals surface area (Å²) < 4.78 is 4.97. The highest BCUT2D eigenvalue weighted by molar-refractivity contribution is 5.83. The van der Waals surface area contributed by atoms with E-state index in [0.717, 1.165) is 0 Å². The van der Waals surface area contributed by atoms with Crippen molar-refractivity contribution in [2.45, 2.75) is 6.54 Å². The van der Waals surface area contributed by atoms with Gasteiger partial charge in [0.2, 0.25) is 0 Å². The van der Waals surface area contributed by atoms with Crippen molar-refractivity contribution in [1.82, 2.24) is 0 Å². The van der Waals surface area contributed by atoms with Gasteiger partial charge in [-0.3, -0.25) is 0 Å². The molecule has 1 aromatic carbocycles. The van der Waals surface area contributed by atoms with Crippen LogP contribution < -0.4 is 11.4 Å². The lowest BCUT2D eigenvalue weighted by atomic mass is 10.1. The van der Waals surface area contributed by atoms with Crippen molar-refractivity contribution in [1.29, 1.82) is 0 Å². The molecule has 2 aromatic rings. The van der Waals surface area contributed by atoms with E-state index in [0.29, 0.717) is 11.0 Å². The maximum absolute atomic E-state index is 11.3. The number of aromatic hydroxyl groups is 1. The molecule has 0 aliphatic rings. The lowest BCUT2D eigenvalue weighted by Crippen LogP contribution is -2.12. The van der Waals surface area contributed by atoms with Crippen molar-refractivity contribution in [2.75, 3.05) is 0 Å². The van der Waals surface area contributed by atoms with E-state index in [-0.39, 0.29) is 17.9 Å². The lowest BCUT2D eigenvalue weighted by Gasteiger charge is -2.02. The molecule has 4 heteroatoms. The van der Waals surface area contributed by atoms with Crippen LogP contribution in [-0.2, 0) is 6.54 Å². The maximum atomic E-state index is 11.3. The van der Waals surface area contributed by atoms with E-state index in [1.165, 1.54) is 0 Å². The Balaban J connectivity index is 2.93. The third-order valence-electron chi connectivity index (χ3n) is 2.08. The molecular formula is C10H9NO3. The molecule has 0 aliphatic heterocycles. The minimum absolute atomic E-state index is 0.0288. The highest BCUT2D eigenvalue weighted by Crippen LogP contribution is 2.25. The fourth-order valence-electron chi connectivity index (χ4n) is 1.35. The van der Waals surface area contributed by atoms with Crippen molar-refractivity contribution in [3.05, 3.63) is 40.2 Å². The molecule has 0 saturated heterocycles. The number of para-hydroxylation sites is 1. The molecule has 1 heterocycles. The fraction of sp³-hybridized carbons (Fsp3) is 0.100. The summed E-state index contributed by atoms with van der Waals surface area (Å²) in [4.78, 5) is 11.3. The molecule has 0 unspecified atom stereocenters. The summed E-state index contributed by atoms with van der Waals surface area (Å²) in [6.07, 6.45) is 0. The fourth-order valence-corrected chi connectivity index (χ4v) is 1.35. The number of hydrogen-bond donors (Lipinski definition) is 2. The predicted octanol–water partition coefficient (Wildman–Crippen LogP) is 0.957. The van der Waals surface area contributed by atoms with Crippen LogP contribution in [-0.4, -0.2) is 5.11 Å². The zero-order valence-electron chi connectivity index (χ0n) is 7.36. The maximum Gasteiger partial charge on any atom is 0.344 e. The molecule has 2 rings (SSSR count). The first kappa shape index (κ1) is 8.77. The second-order valence-corrected chi connectivity index (χ2v) is 2.92. The van der Waals surface area contributed by atoms with Crippen molar-refractivity contribution in [3.8, 4) is 5.75 Å². The summed E-state index contributed by atoms with van der Waals surface area (Å²) in [7, 11) is 0. The summed E-state index contributed by atoms with van der Waals surface area (Å²) in [6, 6.07) is 6.78. The van der Waals surface area contributed by atoms with Crippen LogP contribution in [0.25, 0.3) is 11.0 Å². The van der Waals surface area contributed by atoms with Crippen LogP contribution in [0.4, 0.5) is 0 Å². The normalized spacial score (nSPS) is 10.6. The first-order valence-corrected chi connectivity index (χ1v) is 4.18. The highest BCUT2D eigenvalue weighted by atomic mass is 16.4. The third kappa shape index (κ3) is 1.16. The first-order chi connectivity index (χ1) is 6.74. The van der Waals surface area contributed by atoms with Gasteiger partial charge in [-0.2, -0.15) is 0 Å². The van der Waals surface area contributed by atoms with E-state index in [9.17, 15) is 9.90 Å². The van der Waals surface area contributed by atoms with E-state index in [1.807, 2.05) is 0 Å². The molecule has 0 atom stereocenters. The number of benzene rings is 1. The van der Waals surface area contributed by atoms with E-state index in [2.05, 4.69) is 0 Å². The molecule has 4 nitrogen and oxygen atoms in total. The summed E-state index contributed by atoms with van der Waals surface area (Å²) in [6.45, 7) is -0.0288. The Labute approximate surface area is 79.6 Å². The number of fused-ring (bicyclic) bond motifs is 1. The van der Waals surface area contributed by atoms with Crippen LogP contribution >= 0.6 is 0 Å². The van der Waals surface area contributed by atoms with Gasteiger partial charge in [-0.05, 0) is 12.1 Å². The van der Waals surface area contributed by atoms with Crippen molar-refractivity contribution < 1.29 is 9.52 Å². The molecule has 0 amide bonds. The lowest BCUT2D eigenvalue weighted by molar-refractivity contribution is 0.457. The second kappa shape index (κ2) is 3.16. The Morgan fingerprint density at radius 1 is 1.36 bits per heavy atom. The van der Waals surface area contributed by atoms with Gasteiger partial charge in [0.1, 0.15) is 11.3 Å². The van der Waals surface area contributed by atoms with Gasteiger partial charge < -0.3 is 15.3 Å². The Morgan fingerprint density at radius 2 is 2.07 bits per heavy atom. The number of hydrogen-bond acceptors (Lipinski definition) is 4. The predicted molar refractivity (Wildman–Crippen MR) is 52.0 cm³/mol. The average molecular weight is 191 g/mol. The molecule has 0 saturated carbocycles. The number of rotatable bonds is 1. The SMILES string of the molecule is NCc1c(O)c2ccccc2oc1=O. The van der Waals surface area contributed by atoms with E-state index < -0.39 is 5.63 Å². The van der Waals surface area contributed by atoms with Crippen LogP contribution in [0.1, 0.15) is 5.56 Å². The second-order valence-electron chi connectivity index (χ2n) is 2.92. The molecular weight excluding hydrogens is 182 g/mol. The zero-order chi connectivity index (χ0) is 10.1. The molecule has 14 heavy (non-hydrogen) atoms. The van der Waals surface area contributed by atoms with E-state index in [1.54, 1.807) is 24.3 Å². The Bertz CT molecular complexity index is 530. The molecule has 3 N–H and O–H groups in total. The summed E-state index contributed by atoms with van der Waals surface area (Å²) >= 11 is 0. The minimum Gasteiger partial charge on any atom is -0.507 e. The van der Waals surface area contributed by atoms with Crippen LogP contribution in [0, 0.1) is 0 Å². The van der Waals surface area contributed by atoms with Gasteiger partial charge in [0.25, 0.3) is 0 Å². The summed E-state index contributed by atoms with van der Waals surface area (Å²) in [5, 5.41) is 10.2. The van der Waals surface area contributed by atoms with Gasteiger partial charge >= 0.3 is 5.63 Å². The Morgan fingerprint density at radius 3 is 2.79 bits per heavy atom. The molecule has 0 radical (unpaired) electrons. The van der Waals surface area contributed by atoms with Crippen LogP contribution in [0.5, 0.6) is 5.75 Å². The summed E-state index contributed by atoms with van der Waals surface area (Å²) in [5.41, 5.74) is 5.22. The first-order valence-electron chi connectivity index (χ1n) is 4.18. The standard InChI is InChI=1S/C10H9NO3/c11-5-7-9(12)6-3-1-2-4-8(6)14-10(7)13/h1-4,12H,5,11H2. The Hall–Kier alpha value is -1.81. The third-order valence-corrected chi connectivity index (χ3v) is 2.08. The van der Waals surface area contributed by atoms with E-state index in [4.69, 9.17) is 10.2 Å². The van der Waals surface area contributed by atoms with Crippen molar-refractivity contribution in [3.63, 3.8) is 0 Å². The monoisotopic (exact) mass is 191 g/mol. The van der Waals surface area contributed by atoms with E-state index >= 15 is 0 Å². The van der Waals surface area contributed by atoms with Crippen molar-refractivity contribution >= 4 is 11.0 Å². The number of nitrogens with two attached hydrogens (primary N) is 1. The highest BCUT2D eigenvalue weighted by Gasteiger charge is 2.11. The van der Waals surface area contributed by atoms with Crippen LogP contribution in [0.3, 0.4) is 0 Å². The molecule has 1 aromatic heterocycles. The van der Waals surface area contributed by atoms with Gasteiger partial charge in [-0.25, -0.2) is 4.79 Å².